The van der Waals surface area contributed by atoms with Crippen LogP contribution in [0.15, 0.2) is 0 Å². The van der Waals surface area contributed by atoms with Crippen molar-refractivity contribution in [1.82, 2.24) is 0 Å². The number of hydrogen-bond donors (Lipinski definition) is 1. The highest BCUT2D eigenvalue weighted by Crippen LogP contribution is 2.24. The van der Waals surface area contributed by atoms with E-state index in [-0.39, 0.29) is 6.42 Å². The molecule has 1 aliphatic heterocycles. The molecular weight excluding hydrogens is 240 g/mol. The number of ether oxygens (including phenoxy) is 1. The zero-order valence-electron chi connectivity index (χ0n) is 5.23. The first-order chi connectivity index (χ1) is 4.91. The monoisotopic (exact) mass is 244 g/mol. The first-order valence-corrected chi connectivity index (χ1v) is 5.14. The Bertz CT molecular complexity index is 270. The second-order valence-corrected chi connectivity index (χ2v) is 4.71. The van der Waals surface area contributed by atoms with E-state index in [1.165, 1.54) is 0 Å². The Balaban J connectivity index is 2.85. The van der Waals surface area contributed by atoms with E-state index in [0.29, 0.717) is 0 Å². The number of hydrogen-bond acceptors (Lipinski definition) is 4. The standard InChI is InChI=1S/C4H5BrO5S/c5-3-1-2(4(6)10-3)11(7,8)9/h2-3H,1H2,(H,7,8,9). The molecule has 64 valence electrons. The molecule has 0 aromatic rings. The van der Waals surface area contributed by atoms with Gasteiger partial charge in [0.05, 0.1) is 0 Å². The minimum absolute atomic E-state index is 0.0440. The van der Waals surface area contributed by atoms with Gasteiger partial charge in [-0.25, -0.2) is 0 Å². The van der Waals surface area contributed by atoms with Gasteiger partial charge in [0.1, 0.15) is 0 Å². The maximum absolute atomic E-state index is 10.6. The summed E-state index contributed by atoms with van der Waals surface area (Å²) >= 11 is 2.89. The van der Waals surface area contributed by atoms with Crippen LogP contribution in [-0.4, -0.2) is 29.2 Å². The first kappa shape index (κ1) is 8.95. The van der Waals surface area contributed by atoms with Crippen LogP contribution in [0.25, 0.3) is 0 Å². The Morgan fingerprint density at radius 1 is 1.64 bits per heavy atom. The van der Waals surface area contributed by atoms with Crippen molar-refractivity contribution in [2.45, 2.75) is 16.7 Å². The van der Waals surface area contributed by atoms with Crippen LogP contribution in [0.5, 0.6) is 0 Å². The van der Waals surface area contributed by atoms with Gasteiger partial charge >= 0.3 is 5.97 Å². The predicted molar refractivity (Wildman–Crippen MR) is 38.8 cm³/mol. The molecule has 1 aliphatic rings. The lowest BCUT2D eigenvalue weighted by Crippen LogP contribution is -2.24. The van der Waals surface area contributed by atoms with Crippen molar-refractivity contribution in [3.8, 4) is 0 Å². The van der Waals surface area contributed by atoms with E-state index in [1.807, 2.05) is 0 Å². The summed E-state index contributed by atoms with van der Waals surface area (Å²) in [6.07, 6.45) is -0.0440. The van der Waals surface area contributed by atoms with E-state index in [9.17, 15) is 13.2 Å². The molecule has 1 N–H and O–H groups in total. The number of carbonyl (C=O) groups excluding carboxylic acids is 1. The summed E-state index contributed by atoms with van der Waals surface area (Å²) < 4.78 is 33.7. The van der Waals surface area contributed by atoms with Crippen LogP contribution in [-0.2, 0) is 19.6 Å². The fourth-order valence-electron chi connectivity index (χ4n) is 0.758. The van der Waals surface area contributed by atoms with Gasteiger partial charge in [-0.15, -0.1) is 0 Å². The lowest BCUT2D eigenvalue weighted by molar-refractivity contribution is -0.138. The molecule has 0 aromatic carbocycles. The predicted octanol–water partition coefficient (Wildman–Crippen LogP) is -0.0893. The Morgan fingerprint density at radius 3 is 2.36 bits per heavy atom. The van der Waals surface area contributed by atoms with E-state index < -0.39 is 26.4 Å². The van der Waals surface area contributed by atoms with Crippen LogP contribution in [0, 0.1) is 0 Å². The Morgan fingerprint density at radius 2 is 2.18 bits per heavy atom. The highest BCUT2D eigenvalue weighted by Gasteiger charge is 2.41. The first-order valence-electron chi connectivity index (χ1n) is 2.72. The second kappa shape index (κ2) is 2.72. The summed E-state index contributed by atoms with van der Waals surface area (Å²) in [5, 5.41) is -2.03. The largest absolute Gasteiger partial charge is 0.450 e. The number of rotatable bonds is 1. The van der Waals surface area contributed by atoms with E-state index in [0.717, 1.165) is 0 Å². The van der Waals surface area contributed by atoms with Crippen LogP contribution in [0.2, 0.25) is 0 Å². The van der Waals surface area contributed by atoms with Crippen molar-refractivity contribution >= 4 is 32.0 Å². The van der Waals surface area contributed by atoms with Crippen LogP contribution in [0.4, 0.5) is 0 Å². The number of carbonyl (C=O) groups is 1. The third kappa shape index (κ3) is 1.91. The van der Waals surface area contributed by atoms with Crippen LogP contribution in [0.3, 0.4) is 0 Å². The van der Waals surface area contributed by atoms with Crippen molar-refractivity contribution in [1.29, 1.82) is 0 Å². The Hall–Kier alpha value is -0.140. The van der Waals surface area contributed by atoms with E-state index >= 15 is 0 Å². The van der Waals surface area contributed by atoms with Gasteiger partial charge in [0.25, 0.3) is 10.1 Å². The van der Waals surface area contributed by atoms with Gasteiger partial charge in [-0.1, -0.05) is 0 Å². The zero-order chi connectivity index (χ0) is 8.65. The van der Waals surface area contributed by atoms with E-state index in [1.54, 1.807) is 0 Å². The summed E-state index contributed by atoms with van der Waals surface area (Å²) in [5.74, 6) is -0.908. The molecule has 11 heavy (non-hydrogen) atoms. The van der Waals surface area contributed by atoms with Gasteiger partial charge in [-0.05, 0) is 15.9 Å². The third-order valence-corrected chi connectivity index (χ3v) is 2.93. The van der Waals surface area contributed by atoms with Crippen LogP contribution >= 0.6 is 15.9 Å². The molecule has 5 nitrogen and oxygen atoms in total. The summed E-state index contributed by atoms with van der Waals surface area (Å²) in [5.41, 5.74) is 0. The maximum Gasteiger partial charge on any atom is 0.328 e. The molecule has 0 aromatic heterocycles. The molecule has 0 amide bonds. The summed E-state index contributed by atoms with van der Waals surface area (Å²) in [4.78, 5) is 10.6. The molecule has 2 atom stereocenters. The maximum atomic E-state index is 10.6. The van der Waals surface area contributed by atoms with E-state index in [2.05, 4.69) is 20.7 Å². The van der Waals surface area contributed by atoms with Crippen molar-refractivity contribution in [2.24, 2.45) is 0 Å². The van der Waals surface area contributed by atoms with Crippen molar-refractivity contribution < 1.29 is 22.5 Å². The van der Waals surface area contributed by atoms with Crippen molar-refractivity contribution in [3.63, 3.8) is 0 Å². The quantitative estimate of drug-likeness (QED) is 0.396. The average Bonchev–Trinajstić information content (AvgIpc) is 2.08. The lowest BCUT2D eigenvalue weighted by atomic mass is 10.4. The molecule has 0 aliphatic carbocycles. The van der Waals surface area contributed by atoms with Gasteiger partial charge in [0, 0.05) is 6.42 Å². The molecule has 0 radical (unpaired) electrons. The highest BCUT2D eigenvalue weighted by molar-refractivity contribution is 9.09. The molecule has 0 bridgehead atoms. The van der Waals surface area contributed by atoms with Crippen molar-refractivity contribution in [2.75, 3.05) is 0 Å². The minimum Gasteiger partial charge on any atom is -0.450 e. The fraction of sp³-hybridized carbons (Fsp3) is 0.750. The number of alkyl halides is 1. The second-order valence-electron chi connectivity index (χ2n) is 2.09. The lowest BCUT2D eigenvalue weighted by Gasteiger charge is -1.97. The number of cyclic esters (lactones) is 1. The normalized spacial score (nSPS) is 32.0. The van der Waals surface area contributed by atoms with Gasteiger partial charge in [-0.3, -0.25) is 9.35 Å². The molecule has 1 heterocycles. The molecule has 0 spiro atoms. The smallest absolute Gasteiger partial charge is 0.328 e. The fourth-order valence-corrected chi connectivity index (χ4v) is 2.28. The average molecular weight is 245 g/mol. The Labute approximate surface area is 71.6 Å². The van der Waals surface area contributed by atoms with Gasteiger partial charge in [-0.2, -0.15) is 8.42 Å². The van der Waals surface area contributed by atoms with Gasteiger partial charge in [0.2, 0.25) is 0 Å². The summed E-state index contributed by atoms with van der Waals surface area (Å²) in [6, 6.07) is 0. The molecule has 0 saturated carbocycles. The molecular formula is C4H5BrO5S. The SMILES string of the molecule is O=C1OC(Br)CC1S(=O)(=O)O. The molecule has 7 heteroatoms. The number of halogens is 1. The molecule has 1 saturated heterocycles. The van der Waals surface area contributed by atoms with Crippen molar-refractivity contribution in [3.05, 3.63) is 0 Å². The number of esters is 1. The van der Waals surface area contributed by atoms with Crippen LogP contribution in [0.1, 0.15) is 6.42 Å². The zero-order valence-corrected chi connectivity index (χ0v) is 7.63. The molecule has 1 rings (SSSR count). The summed E-state index contributed by atoms with van der Waals surface area (Å²) in [7, 11) is -4.29. The van der Waals surface area contributed by atoms with Gasteiger partial charge in [0.15, 0.2) is 10.3 Å². The van der Waals surface area contributed by atoms with Gasteiger partial charge < -0.3 is 4.74 Å². The van der Waals surface area contributed by atoms with E-state index in [4.69, 9.17) is 4.55 Å². The highest BCUT2D eigenvalue weighted by atomic mass is 79.9. The topological polar surface area (TPSA) is 80.7 Å². The summed E-state index contributed by atoms with van der Waals surface area (Å²) in [6.45, 7) is 0. The third-order valence-electron chi connectivity index (χ3n) is 1.27. The van der Waals surface area contributed by atoms with Crippen LogP contribution < -0.4 is 0 Å². The minimum atomic E-state index is -4.29. The Kier molecular flexibility index (Phi) is 2.22. The molecule has 2 unspecified atom stereocenters. The molecule has 1 fully saturated rings.